The summed E-state index contributed by atoms with van der Waals surface area (Å²) in [5.41, 5.74) is 4.97. The molecule has 6 rings (SSSR count). The van der Waals surface area contributed by atoms with Crippen LogP contribution in [0.5, 0.6) is 5.75 Å². The molecule has 0 N–H and O–H groups in total. The van der Waals surface area contributed by atoms with Crippen molar-refractivity contribution in [3.63, 3.8) is 0 Å². The van der Waals surface area contributed by atoms with Crippen LogP contribution in [-0.4, -0.2) is 47.6 Å². The number of fused-ring (bicyclic) bond motifs is 2. The van der Waals surface area contributed by atoms with E-state index in [1.54, 1.807) is 29.3 Å². The van der Waals surface area contributed by atoms with Crippen LogP contribution in [0.3, 0.4) is 0 Å². The lowest BCUT2D eigenvalue weighted by atomic mass is 9.93. The molecule has 0 saturated heterocycles. The molecular weight excluding hydrogens is 582 g/mol. The Bertz CT molecular complexity index is 1970. The van der Waals surface area contributed by atoms with E-state index in [1.165, 1.54) is 24.5 Å². The molecule has 10 heteroatoms. The summed E-state index contributed by atoms with van der Waals surface area (Å²) in [6, 6.07) is 15.1. The Balaban J connectivity index is 1.64. The van der Waals surface area contributed by atoms with Gasteiger partial charge in [-0.05, 0) is 41.3 Å². The van der Waals surface area contributed by atoms with E-state index in [2.05, 4.69) is 12.6 Å². The van der Waals surface area contributed by atoms with E-state index >= 15 is 4.39 Å². The molecule has 1 aliphatic heterocycles. The van der Waals surface area contributed by atoms with Crippen LogP contribution in [0.25, 0.3) is 43.7 Å². The van der Waals surface area contributed by atoms with Crippen molar-refractivity contribution in [2.75, 3.05) is 26.9 Å². The lowest BCUT2D eigenvalue weighted by molar-refractivity contribution is -0.126. The van der Waals surface area contributed by atoms with Crippen molar-refractivity contribution in [2.45, 2.75) is 13.0 Å². The molecule has 220 valence electrons. The molecule has 0 unspecified atom stereocenters. The van der Waals surface area contributed by atoms with Crippen LogP contribution >= 0.6 is 11.3 Å². The Labute approximate surface area is 256 Å². The third-order valence-corrected chi connectivity index (χ3v) is 8.42. The zero-order chi connectivity index (χ0) is 30.8. The van der Waals surface area contributed by atoms with E-state index < -0.39 is 11.6 Å². The first kappa shape index (κ1) is 29.1. The summed E-state index contributed by atoms with van der Waals surface area (Å²) in [7, 11) is 1.51. The highest BCUT2D eigenvalue weighted by molar-refractivity contribution is 7.18. The summed E-state index contributed by atoms with van der Waals surface area (Å²) in [4.78, 5) is 23.9. The number of thiophene rings is 1. The molecule has 0 spiro atoms. The summed E-state index contributed by atoms with van der Waals surface area (Å²) < 4.78 is 42.1. The first-order chi connectivity index (χ1) is 21.4. The van der Waals surface area contributed by atoms with Crippen LogP contribution in [0.2, 0.25) is 0 Å². The van der Waals surface area contributed by atoms with Crippen LogP contribution in [0, 0.1) is 23.0 Å². The maximum absolute atomic E-state index is 15.9. The predicted octanol–water partition coefficient (Wildman–Crippen LogP) is 6.94. The van der Waals surface area contributed by atoms with Gasteiger partial charge in [-0.3, -0.25) is 9.78 Å². The Morgan fingerprint density at radius 3 is 2.80 bits per heavy atom. The summed E-state index contributed by atoms with van der Waals surface area (Å²) in [6.45, 7) is 4.77. The number of benzene rings is 2. The van der Waals surface area contributed by atoms with Crippen LogP contribution < -0.4 is 4.74 Å². The maximum atomic E-state index is 15.9. The number of pyridine rings is 2. The number of carbonyl (C=O) groups is 1. The second kappa shape index (κ2) is 12.3. The second-order valence-electron chi connectivity index (χ2n) is 10.2. The van der Waals surface area contributed by atoms with Gasteiger partial charge in [0, 0.05) is 77.4 Å². The minimum Gasteiger partial charge on any atom is -0.490 e. The van der Waals surface area contributed by atoms with E-state index in [0.29, 0.717) is 57.9 Å². The van der Waals surface area contributed by atoms with Crippen LogP contribution in [-0.2, 0) is 22.5 Å². The van der Waals surface area contributed by atoms with Gasteiger partial charge in [-0.25, -0.2) is 13.8 Å². The van der Waals surface area contributed by atoms with Crippen molar-refractivity contribution in [3.8, 4) is 45.5 Å². The number of hydrogen-bond acceptors (Lipinski definition) is 7. The molecular formula is C34H26F2N4O3S. The highest BCUT2D eigenvalue weighted by Crippen LogP contribution is 2.47. The first-order valence-electron chi connectivity index (χ1n) is 13.8. The highest BCUT2D eigenvalue weighted by atomic mass is 32.1. The Hall–Kier alpha value is -4.98. The summed E-state index contributed by atoms with van der Waals surface area (Å²) >= 11 is 1.39. The fourth-order valence-electron chi connectivity index (χ4n) is 5.44. The van der Waals surface area contributed by atoms with Gasteiger partial charge in [0.25, 0.3) is 0 Å². The molecule has 1 amide bonds. The molecule has 0 bridgehead atoms. The molecule has 5 aromatic rings. The Kier molecular flexibility index (Phi) is 8.15. The fourth-order valence-corrected chi connectivity index (χ4v) is 6.38. The third kappa shape index (κ3) is 5.43. The van der Waals surface area contributed by atoms with Crippen molar-refractivity contribution in [1.82, 2.24) is 14.9 Å². The van der Waals surface area contributed by atoms with Gasteiger partial charge < -0.3 is 14.4 Å². The number of amides is 1. The molecule has 3 aromatic heterocycles. The van der Waals surface area contributed by atoms with E-state index in [4.69, 9.17) is 19.4 Å². The molecule has 7 nitrogen and oxygen atoms in total. The van der Waals surface area contributed by atoms with Gasteiger partial charge in [0.05, 0.1) is 35.2 Å². The van der Waals surface area contributed by atoms with E-state index in [-0.39, 0.29) is 30.4 Å². The van der Waals surface area contributed by atoms with Crippen molar-refractivity contribution >= 4 is 27.3 Å². The van der Waals surface area contributed by atoms with Crippen LogP contribution in [0.4, 0.5) is 8.78 Å². The molecule has 0 aliphatic carbocycles. The highest BCUT2D eigenvalue weighted by Gasteiger charge is 2.27. The van der Waals surface area contributed by atoms with Crippen molar-refractivity contribution in [3.05, 3.63) is 101 Å². The van der Waals surface area contributed by atoms with Crippen LogP contribution in [0.15, 0.2) is 72.8 Å². The molecule has 0 radical (unpaired) electrons. The van der Waals surface area contributed by atoms with Gasteiger partial charge in [-0.2, -0.15) is 5.26 Å². The number of halogens is 2. The van der Waals surface area contributed by atoms with Crippen molar-refractivity contribution < 1.29 is 23.0 Å². The average molecular weight is 609 g/mol. The minimum absolute atomic E-state index is 0.0187. The minimum atomic E-state index is -0.803. The van der Waals surface area contributed by atoms with Gasteiger partial charge in [-0.1, -0.05) is 18.7 Å². The molecule has 4 heterocycles. The molecule has 0 atom stereocenters. The van der Waals surface area contributed by atoms with Gasteiger partial charge in [0.1, 0.15) is 24.0 Å². The van der Waals surface area contributed by atoms with E-state index in [1.807, 2.05) is 23.6 Å². The Morgan fingerprint density at radius 1 is 1.14 bits per heavy atom. The SMILES string of the molecule is C=CC(=O)N1CCc2ncc(-c3nc(-c4cccc(C#N)c4)c4ccsc4c3-c3c(F)cc(F)cc3OCCOC)cc2C1. The number of rotatable bonds is 8. The number of aromatic nitrogens is 2. The van der Waals surface area contributed by atoms with Gasteiger partial charge in [0.15, 0.2) is 0 Å². The average Bonchev–Trinajstić information content (AvgIpc) is 3.53. The smallest absolute Gasteiger partial charge is 0.246 e. The predicted molar refractivity (Wildman–Crippen MR) is 165 cm³/mol. The van der Waals surface area contributed by atoms with E-state index in [0.717, 1.165) is 28.8 Å². The molecule has 2 aromatic carbocycles. The number of carbonyl (C=O) groups excluding carboxylic acids is 1. The third-order valence-electron chi connectivity index (χ3n) is 7.49. The quantitative estimate of drug-likeness (QED) is 0.140. The molecule has 0 fully saturated rings. The van der Waals surface area contributed by atoms with Gasteiger partial charge in [-0.15, -0.1) is 11.3 Å². The van der Waals surface area contributed by atoms with Crippen molar-refractivity contribution in [1.29, 1.82) is 5.26 Å². The fraction of sp³-hybridized carbons (Fsp3) is 0.176. The van der Waals surface area contributed by atoms with Crippen LogP contribution in [0.1, 0.15) is 16.8 Å². The van der Waals surface area contributed by atoms with Crippen molar-refractivity contribution in [2.24, 2.45) is 0 Å². The maximum Gasteiger partial charge on any atom is 0.246 e. The van der Waals surface area contributed by atoms with Gasteiger partial charge >= 0.3 is 0 Å². The number of methoxy groups -OCH3 is 1. The molecule has 44 heavy (non-hydrogen) atoms. The van der Waals surface area contributed by atoms with E-state index in [9.17, 15) is 14.4 Å². The second-order valence-corrected chi connectivity index (χ2v) is 11.1. The molecule has 1 aliphatic rings. The lowest BCUT2D eigenvalue weighted by Crippen LogP contribution is -2.35. The number of hydrogen-bond donors (Lipinski definition) is 0. The summed E-state index contributed by atoms with van der Waals surface area (Å²) in [5, 5.41) is 12.2. The monoisotopic (exact) mass is 608 g/mol. The Morgan fingerprint density at radius 2 is 2.00 bits per heavy atom. The largest absolute Gasteiger partial charge is 0.490 e. The normalized spacial score (nSPS) is 12.5. The summed E-state index contributed by atoms with van der Waals surface area (Å²) in [6.07, 6.45) is 3.56. The number of nitriles is 1. The first-order valence-corrected chi connectivity index (χ1v) is 14.7. The standard InChI is InChI=1S/C34H26F2N4O3S/c1-3-29(41)40-9-7-27-23(19-40)14-22(18-38-27)33-31(30-26(36)15-24(35)16-28(30)43-11-10-42-2)34-25(8-12-44-34)32(39-33)21-6-4-5-20(13-21)17-37/h3-6,8,12-16,18H,1,7,9-11,19H2,2H3. The summed E-state index contributed by atoms with van der Waals surface area (Å²) in [5.74, 6) is -1.73. The van der Waals surface area contributed by atoms with Gasteiger partial charge in [0.2, 0.25) is 5.91 Å². The number of ether oxygens (including phenoxy) is 2. The molecule has 0 saturated carbocycles. The zero-order valence-electron chi connectivity index (χ0n) is 23.8. The number of nitrogens with zero attached hydrogens (tertiary/aromatic N) is 4. The topological polar surface area (TPSA) is 88.3 Å². The zero-order valence-corrected chi connectivity index (χ0v) is 24.6. The lowest BCUT2D eigenvalue weighted by Gasteiger charge is -2.27.